The molecule has 3 amide bonds. The lowest BCUT2D eigenvalue weighted by atomic mass is 10.0. The lowest BCUT2D eigenvalue weighted by molar-refractivity contribution is -0.122. The Kier molecular flexibility index (Phi) is 2.72. The average Bonchev–Trinajstić information content (AvgIpc) is 2.42. The van der Waals surface area contributed by atoms with Crippen LogP contribution in [-0.2, 0) is 19.5 Å². The molecular formula is C7H11N3O6S. The van der Waals surface area contributed by atoms with Crippen molar-refractivity contribution >= 4 is 22.3 Å². The minimum Gasteiger partial charge on any atom is -0.368 e. The minimum absolute atomic E-state index is 0.155. The van der Waals surface area contributed by atoms with Gasteiger partial charge in [0, 0.05) is 6.54 Å². The number of amides is 3. The quantitative estimate of drug-likeness (QED) is 0.595. The number of primary amides is 1. The fourth-order valence-corrected chi connectivity index (χ4v) is 2.52. The molecule has 0 spiro atoms. The summed E-state index contributed by atoms with van der Waals surface area (Å²) in [6.07, 6.45) is 0.725. The molecule has 2 rings (SSSR count). The highest BCUT2D eigenvalue weighted by atomic mass is 32.3. The third kappa shape index (κ3) is 2.18. The van der Waals surface area contributed by atoms with Gasteiger partial charge < -0.3 is 10.6 Å². The van der Waals surface area contributed by atoms with Crippen LogP contribution in [0.3, 0.4) is 0 Å². The predicted molar refractivity (Wildman–Crippen MR) is 52.6 cm³/mol. The standard InChI is InChI=1S/C7H11N3O6S/c8-6(11)5-2-1-4-3-9(5)7(12)10(4)16-17(13,14)15/h4-5H,1-3H2,(H2,8,11)(H,13,14,15)/t4?,5-/m0/s1. The summed E-state index contributed by atoms with van der Waals surface area (Å²) in [6.45, 7) is 0.155. The van der Waals surface area contributed by atoms with Gasteiger partial charge in [-0.15, -0.1) is 4.28 Å². The van der Waals surface area contributed by atoms with Crippen molar-refractivity contribution in [1.29, 1.82) is 0 Å². The molecule has 2 saturated heterocycles. The van der Waals surface area contributed by atoms with E-state index >= 15 is 0 Å². The molecule has 2 atom stereocenters. The molecule has 0 aliphatic carbocycles. The minimum atomic E-state index is -4.75. The monoisotopic (exact) mass is 265 g/mol. The van der Waals surface area contributed by atoms with E-state index in [2.05, 4.69) is 4.28 Å². The molecule has 0 aromatic rings. The van der Waals surface area contributed by atoms with Crippen LogP contribution < -0.4 is 5.73 Å². The Bertz CT molecular complexity index is 462. The molecular weight excluding hydrogens is 254 g/mol. The maximum atomic E-state index is 11.7. The van der Waals surface area contributed by atoms with Crippen molar-refractivity contribution in [3.8, 4) is 0 Å². The van der Waals surface area contributed by atoms with Crippen molar-refractivity contribution in [3.05, 3.63) is 0 Å². The molecule has 10 heteroatoms. The SMILES string of the molecule is NC(=O)[C@@H]1CCC2CN1C(=O)N2OS(=O)(=O)O. The molecule has 0 saturated carbocycles. The number of fused-ring (bicyclic) bond motifs is 2. The first-order chi connectivity index (χ1) is 7.79. The lowest BCUT2D eigenvalue weighted by Gasteiger charge is -2.27. The zero-order valence-corrected chi connectivity index (χ0v) is 9.46. The maximum absolute atomic E-state index is 11.7. The number of rotatable bonds is 3. The van der Waals surface area contributed by atoms with E-state index in [1.165, 1.54) is 0 Å². The molecule has 3 N–H and O–H groups in total. The van der Waals surface area contributed by atoms with Gasteiger partial charge in [-0.2, -0.15) is 13.5 Å². The van der Waals surface area contributed by atoms with E-state index in [1.807, 2.05) is 0 Å². The van der Waals surface area contributed by atoms with Crippen LogP contribution in [0.5, 0.6) is 0 Å². The number of nitrogens with two attached hydrogens (primary N) is 1. The number of urea groups is 1. The number of nitrogens with zero attached hydrogens (tertiary/aromatic N) is 2. The largest absolute Gasteiger partial charge is 0.418 e. The molecule has 2 heterocycles. The van der Waals surface area contributed by atoms with E-state index in [-0.39, 0.29) is 6.54 Å². The Morgan fingerprint density at radius 2 is 2.12 bits per heavy atom. The van der Waals surface area contributed by atoms with Gasteiger partial charge in [0.05, 0.1) is 6.04 Å². The third-order valence-corrected chi connectivity index (χ3v) is 3.17. The van der Waals surface area contributed by atoms with Crippen LogP contribution in [0, 0.1) is 0 Å². The number of hydroxylamine groups is 2. The predicted octanol–water partition coefficient (Wildman–Crippen LogP) is -1.53. The molecule has 2 bridgehead atoms. The van der Waals surface area contributed by atoms with Crippen LogP contribution in [0.4, 0.5) is 4.79 Å². The van der Waals surface area contributed by atoms with E-state index in [4.69, 9.17) is 10.3 Å². The number of hydrogen-bond donors (Lipinski definition) is 2. The van der Waals surface area contributed by atoms with Gasteiger partial charge in [-0.3, -0.25) is 9.35 Å². The first-order valence-electron chi connectivity index (χ1n) is 4.86. The zero-order valence-electron chi connectivity index (χ0n) is 8.64. The highest BCUT2D eigenvalue weighted by Crippen LogP contribution is 2.30. The van der Waals surface area contributed by atoms with Gasteiger partial charge in [-0.05, 0) is 12.8 Å². The average molecular weight is 265 g/mol. The highest BCUT2D eigenvalue weighted by molar-refractivity contribution is 7.80. The Morgan fingerprint density at radius 3 is 2.65 bits per heavy atom. The molecule has 2 fully saturated rings. The smallest absolute Gasteiger partial charge is 0.368 e. The van der Waals surface area contributed by atoms with Gasteiger partial charge in [0.25, 0.3) is 0 Å². The number of piperidine rings is 1. The summed E-state index contributed by atoms with van der Waals surface area (Å²) in [7, 11) is -4.75. The molecule has 2 aliphatic heterocycles. The van der Waals surface area contributed by atoms with E-state index in [9.17, 15) is 18.0 Å². The summed E-state index contributed by atoms with van der Waals surface area (Å²) in [5.74, 6) is -0.648. The maximum Gasteiger partial charge on any atom is 0.418 e. The van der Waals surface area contributed by atoms with Gasteiger partial charge in [0.15, 0.2) is 0 Å². The highest BCUT2D eigenvalue weighted by Gasteiger charge is 2.48. The number of carbonyl (C=O) groups is 2. The van der Waals surface area contributed by atoms with Crippen molar-refractivity contribution in [2.24, 2.45) is 5.73 Å². The van der Waals surface area contributed by atoms with Gasteiger partial charge in [0.2, 0.25) is 5.91 Å². The molecule has 0 aromatic heterocycles. The molecule has 0 aromatic carbocycles. The van der Waals surface area contributed by atoms with E-state index < -0.39 is 34.4 Å². The summed E-state index contributed by atoms with van der Waals surface area (Å²) in [4.78, 5) is 23.9. The van der Waals surface area contributed by atoms with Crippen molar-refractivity contribution in [1.82, 2.24) is 9.96 Å². The molecule has 17 heavy (non-hydrogen) atoms. The summed E-state index contributed by atoms with van der Waals surface area (Å²) >= 11 is 0. The van der Waals surface area contributed by atoms with Crippen LogP contribution in [0.25, 0.3) is 0 Å². The number of hydrogen-bond acceptors (Lipinski definition) is 5. The molecule has 96 valence electrons. The van der Waals surface area contributed by atoms with E-state index in [1.54, 1.807) is 0 Å². The summed E-state index contributed by atoms with van der Waals surface area (Å²) in [5, 5.41) is 0.568. The van der Waals surface area contributed by atoms with E-state index in [0.717, 1.165) is 4.90 Å². The second-order valence-electron chi connectivity index (χ2n) is 3.91. The van der Waals surface area contributed by atoms with Crippen LogP contribution in [-0.4, -0.2) is 53.5 Å². The van der Waals surface area contributed by atoms with Crippen LogP contribution >= 0.6 is 0 Å². The Labute approximate surface area is 97.0 Å². The van der Waals surface area contributed by atoms with Crippen molar-refractivity contribution in [2.75, 3.05) is 6.54 Å². The van der Waals surface area contributed by atoms with Crippen LogP contribution in [0.15, 0.2) is 0 Å². The van der Waals surface area contributed by atoms with Gasteiger partial charge in [-0.1, -0.05) is 0 Å². The van der Waals surface area contributed by atoms with E-state index in [0.29, 0.717) is 17.9 Å². The number of carbonyl (C=O) groups excluding carboxylic acids is 2. The van der Waals surface area contributed by atoms with Crippen molar-refractivity contribution in [3.63, 3.8) is 0 Å². The molecule has 2 aliphatic rings. The van der Waals surface area contributed by atoms with Gasteiger partial charge in [0.1, 0.15) is 6.04 Å². The fraction of sp³-hybridized carbons (Fsp3) is 0.714. The summed E-state index contributed by atoms with van der Waals surface area (Å²) in [6, 6.07) is -2.04. The van der Waals surface area contributed by atoms with Gasteiger partial charge in [-0.25, -0.2) is 4.79 Å². The Hall–Kier alpha value is -1.39. The first-order valence-corrected chi connectivity index (χ1v) is 6.22. The topological polar surface area (TPSA) is 130 Å². The Balaban J connectivity index is 2.20. The molecule has 9 nitrogen and oxygen atoms in total. The van der Waals surface area contributed by atoms with Crippen LogP contribution in [0.2, 0.25) is 0 Å². The lowest BCUT2D eigenvalue weighted by Crippen LogP contribution is -2.47. The van der Waals surface area contributed by atoms with Crippen molar-refractivity contribution in [2.45, 2.75) is 24.9 Å². The first kappa shape index (κ1) is 12.1. The normalized spacial score (nSPS) is 28.6. The second kappa shape index (κ2) is 3.82. The summed E-state index contributed by atoms with van der Waals surface area (Å²) in [5.41, 5.74) is 5.13. The van der Waals surface area contributed by atoms with Gasteiger partial charge >= 0.3 is 16.4 Å². The molecule has 1 unspecified atom stereocenters. The Morgan fingerprint density at radius 1 is 1.47 bits per heavy atom. The van der Waals surface area contributed by atoms with Crippen LogP contribution in [0.1, 0.15) is 12.8 Å². The van der Waals surface area contributed by atoms with Crippen molar-refractivity contribution < 1.29 is 26.8 Å². The molecule has 0 radical (unpaired) electrons. The summed E-state index contributed by atoms with van der Waals surface area (Å²) < 4.78 is 33.8. The zero-order chi connectivity index (χ0) is 12.8. The second-order valence-corrected chi connectivity index (χ2v) is 4.92. The third-order valence-electron chi connectivity index (χ3n) is 2.83. The fourth-order valence-electron chi connectivity index (χ4n) is 2.13.